The van der Waals surface area contributed by atoms with Crippen LogP contribution in [0.15, 0.2) is 33.8 Å². The molecule has 6 N–H and O–H groups in total. The summed E-state index contributed by atoms with van der Waals surface area (Å²) in [6.45, 7) is 1.28. The maximum absolute atomic E-state index is 13.0. The number of aliphatic hydroxyl groups excluding tert-OH is 2. The lowest BCUT2D eigenvalue weighted by Gasteiger charge is -2.45. The number of amides is 1. The van der Waals surface area contributed by atoms with E-state index in [0.29, 0.717) is 35.4 Å². The number of allylic oxidation sites excluding steroid dienone is 1. The number of nitrogens with one attached hydrogen (secondary N) is 1. The highest BCUT2D eigenvalue weighted by Gasteiger charge is 2.56. The average Bonchev–Trinajstić information content (AvgIpc) is 3.26. The summed E-state index contributed by atoms with van der Waals surface area (Å²) in [5, 5.41) is 36.2. The van der Waals surface area contributed by atoms with Gasteiger partial charge in [0.15, 0.2) is 16.6 Å². The number of Topliss-reactive ketones (excluding diaryl/α,β-unsaturated/α-hetero) is 1. The number of aliphatic hydroxyl groups is 2. The van der Waals surface area contributed by atoms with Crippen LogP contribution in [0.5, 0.6) is 0 Å². The number of oxime groups is 1. The number of carbonyl (C=O) groups is 3. The largest absolute Gasteiger partial charge is 0.478 e. The lowest BCUT2D eigenvalue weighted by Crippen LogP contribution is -2.65. The standard InChI is InChI=1S/C22H29N5O7S2/c1-27(6-8-28,7-9-29)5-3-4-12-10-35-19-15(14(12)21(32)33)18(30)17(19)25-20(31)16(26-34-2)13-11-36-22(23)24-13/h3-4,11,15,17,19,28-29H,5-10H2,1-2H3,(H3-,23,24,25,31,32,33)/p+1/b4-3+,26-16-/t15?,17-,19+/m1/s1. The SMILES string of the molecule is CO/N=C(\C(=O)N[C@@H]1C(=O)C2C(C(=O)O)=C(/C=C/C[N+](C)(CCO)CCO)CS[C@@H]21)c1csc(N)n1. The lowest BCUT2D eigenvalue weighted by atomic mass is 9.71. The molecule has 1 aromatic heterocycles. The molecule has 2 heterocycles. The topological polar surface area (TPSA) is 184 Å². The Hall–Kier alpha value is -2.78. The maximum Gasteiger partial charge on any atom is 0.332 e. The van der Waals surface area contributed by atoms with Gasteiger partial charge in [0.2, 0.25) is 0 Å². The number of carboxylic acid groups (broad SMARTS) is 1. The number of thiazole rings is 1. The quantitative estimate of drug-likeness (QED) is 0.128. The Bertz CT molecular complexity index is 1090. The molecule has 1 aromatic rings. The van der Waals surface area contributed by atoms with Crippen molar-refractivity contribution in [2.45, 2.75) is 11.3 Å². The van der Waals surface area contributed by atoms with Crippen molar-refractivity contribution in [2.24, 2.45) is 11.1 Å². The second-order valence-electron chi connectivity index (χ2n) is 8.64. The second-order valence-corrected chi connectivity index (χ2v) is 10.7. The van der Waals surface area contributed by atoms with E-state index in [4.69, 9.17) is 10.6 Å². The number of thioether (sulfide) groups is 1. The van der Waals surface area contributed by atoms with Crippen LogP contribution in [0.4, 0.5) is 5.13 Å². The fraction of sp³-hybridized carbons (Fsp3) is 0.500. The Morgan fingerprint density at radius 3 is 2.61 bits per heavy atom. The third-order valence-corrected chi connectivity index (χ3v) is 8.26. The molecule has 14 heteroatoms. The second kappa shape index (κ2) is 12.0. The zero-order chi connectivity index (χ0) is 26.5. The summed E-state index contributed by atoms with van der Waals surface area (Å²) in [6.07, 6.45) is 3.51. The highest BCUT2D eigenvalue weighted by Crippen LogP contribution is 2.45. The number of anilines is 1. The Morgan fingerprint density at radius 1 is 1.36 bits per heavy atom. The van der Waals surface area contributed by atoms with Gasteiger partial charge in [-0.2, -0.15) is 11.8 Å². The highest BCUT2D eigenvalue weighted by molar-refractivity contribution is 8.00. The van der Waals surface area contributed by atoms with Gasteiger partial charge in [-0.15, -0.1) is 11.3 Å². The number of hydrogen-bond donors (Lipinski definition) is 5. The summed E-state index contributed by atoms with van der Waals surface area (Å²) in [5.41, 5.74) is 6.28. The summed E-state index contributed by atoms with van der Waals surface area (Å²) < 4.78 is 0.390. The first kappa shape index (κ1) is 27.8. The molecule has 12 nitrogen and oxygen atoms in total. The van der Waals surface area contributed by atoms with Gasteiger partial charge in [0, 0.05) is 16.4 Å². The van der Waals surface area contributed by atoms with E-state index < -0.39 is 29.1 Å². The Labute approximate surface area is 216 Å². The third-order valence-electron chi connectivity index (χ3n) is 6.18. The Kier molecular flexibility index (Phi) is 9.24. The van der Waals surface area contributed by atoms with Crippen LogP contribution < -0.4 is 11.1 Å². The van der Waals surface area contributed by atoms with Gasteiger partial charge >= 0.3 is 5.97 Å². The first-order valence-corrected chi connectivity index (χ1v) is 13.1. The van der Waals surface area contributed by atoms with Gasteiger partial charge in [0.05, 0.1) is 38.3 Å². The number of carbonyl (C=O) groups excluding carboxylic acids is 2. The molecule has 0 bridgehead atoms. The zero-order valence-electron chi connectivity index (χ0n) is 19.9. The molecule has 0 aromatic carbocycles. The summed E-state index contributed by atoms with van der Waals surface area (Å²) >= 11 is 2.53. The normalized spacial score (nSPS) is 22.4. The lowest BCUT2D eigenvalue weighted by molar-refractivity contribution is -0.904. The van der Waals surface area contributed by atoms with Crippen LogP contribution in [0.25, 0.3) is 0 Å². The number of likely N-dealkylation sites (N-methyl/N-ethyl adjacent to an activating group) is 1. The van der Waals surface area contributed by atoms with Crippen LogP contribution in [-0.2, 0) is 19.2 Å². The van der Waals surface area contributed by atoms with E-state index in [9.17, 15) is 29.7 Å². The fourth-order valence-electron chi connectivity index (χ4n) is 4.24. The number of fused-ring (bicyclic) bond motifs is 1. The van der Waals surface area contributed by atoms with Crippen LogP contribution in [0.3, 0.4) is 0 Å². The van der Waals surface area contributed by atoms with Gasteiger partial charge in [-0.1, -0.05) is 11.2 Å². The summed E-state index contributed by atoms with van der Waals surface area (Å²) in [5.74, 6) is -2.73. The van der Waals surface area contributed by atoms with Crippen molar-refractivity contribution < 1.29 is 39.0 Å². The fourth-order valence-corrected chi connectivity index (χ4v) is 6.27. The molecule has 196 valence electrons. The van der Waals surface area contributed by atoms with Gasteiger partial charge < -0.3 is 35.7 Å². The van der Waals surface area contributed by atoms with E-state index in [2.05, 4.69) is 15.5 Å². The van der Waals surface area contributed by atoms with Gasteiger partial charge in [-0.05, 0) is 11.6 Å². The van der Waals surface area contributed by atoms with Crippen molar-refractivity contribution in [1.29, 1.82) is 0 Å². The number of aromatic nitrogens is 1. The van der Waals surface area contributed by atoms with E-state index >= 15 is 0 Å². The molecule has 36 heavy (non-hydrogen) atoms. The highest BCUT2D eigenvalue weighted by atomic mass is 32.2. The van der Waals surface area contributed by atoms with Crippen LogP contribution in [0, 0.1) is 5.92 Å². The molecule has 3 rings (SSSR count). The molecule has 1 fully saturated rings. The molecule has 1 aliphatic heterocycles. The van der Waals surface area contributed by atoms with Crippen molar-refractivity contribution in [3.63, 3.8) is 0 Å². The molecule has 0 spiro atoms. The predicted octanol–water partition coefficient (Wildman–Crippen LogP) is -0.756. The molecule has 1 aliphatic carbocycles. The van der Waals surface area contributed by atoms with Crippen molar-refractivity contribution in [3.8, 4) is 0 Å². The Balaban J connectivity index is 1.75. The molecule has 1 saturated carbocycles. The number of quaternary nitrogens is 1. The number of hydrogen-bond acceptors (Lipinski definition) is 11. The van der Waals surface area contributed by atoms with E-state index in [1.807, 2.05) is 7.05 Å². The molecule has 1 unspecified atom stereocenters. The minimum Gasteiger partial charge on any atom is -0.478 e. The minimum atomic E-state index is -1.18. The first-order chi connectivity index (χ1) is 17.2. The predicted molar refractivity (Wildman–Crippen MR) is 136 cm³/mol. The molecular weight excluding hydrogens is 510 g/mol. The Morgan fingerprint density at radius 2 is 2.06 bits per heavy atom. The first-order valence-electron chi connectivity index (χ1n) is 11.1. The minimum absolute atomic E-state index is 0.0297. The van der Waals surface area contributed by atoms with E-state index in [1.54, 1.807) is 17.5 Å². The molecule has 1 amide bonds. The number of ketones is 1. The molecule has 3 atom stereocenters. The average molecular weight is 541 g/mol. The number of rotatable bonds is 12. The van der Waals surface area contributed by atoms with Crippen molar-refractivity contribution in [3.05, 3.63) is 34.4 Å². The van der Waals surface area contributed by atoms with Crippen LogP contribution in [0.2, 0.25) is 0 Å². The maximum atomic E-state index is 13.0. The number of nitrogens with two attached hydrogens (primary N) is 1. The summed E-state index contributed by atoms with van der Waals surface area (Å²) in [4.78, 5) is 46.7. The van der Waals surface area contributed by atoms with Crippen LogP contribution >= 0.6 is 23.1 Å². The van der Waals surface area contributed by atoms with Crippen molar-refractivity contribution in [1.82, 2.24) is 10.3 Å². The van der Waals surface area contributed by atoms with E-state index in [0.717, 1.165) is 11.3 Å². The number of nitrogen functional groups attached to an aromatic ring is 1. The van der Waals surface area contributed by atoms with E-state index in [1.165, 1.54) is 18.9 Å². The number of aliphatic carboxylic acids is 1. The van der Waals surface area contributed by atoms with Crippen molar-refractivity contribution in [2.75, 3.05) is 58.5 Å². The summed E-state index contributed by atoms with van der Waals surface area (Å²) in [6, 6.07) is -0.875. The number of nitrogens with zero attached hydrogens (tertiary/aromatic N) is 3. The zero-order valence-corrected chi connectivity index (χ0v) is 21.5. The molecular formula is C22H30N5O7S2+. The molecule has 2 aliphatic rings. The van der Waals surface area contributed by atoms with Gasteiger partial charge in [-0.3, -0.25) is 9.59 Å². The van der Waals surface area contributed by atoms with Crippen LogP contribution in [-0.4, -0.2) is 112 Å². The molecule has 0 radical (unpaired) electrons. The van der Waals surface area contributed by atoms with Gasteiger partial charge in [0.1, 0.15) is 31.9 Å². The van der Waals surface area contributed by atoms with Crippen molar-refractivity contribution >= 4 is 51.6 Å². The van der Waals surface area contributed by atoms with Gasteiger partial charge in [-0.25, -0.2) is 9.78 Å². The van der Waals surface area contributed by atoms with E-state index in [-0.39, 0.29) is 41.1 Å². The monoisotopic (exact) mass is 540 g/mol. The smallest absolute Gasteiger partial charge is 0.332 e. The molecule has 0 saturated heterocycles. The van der Waals surface area contributed by atoms with Crippen LogP contribution in [0.1, 0.15) is 5.69 Å². The number of carboxylic acids is 1. The van der Waals surface area contributed by atoms with Gasteiger partial charge in [0.25, 0.3) is 5.91 Å². The summed E-state index contributed by atoms with van der Waals surface area (Å²) in [7, 11) is 3.16. The third kappa shape index (κ3) is 5.95.